The SMILES string of the molecule is O=C(CCCn1cncn1)NCc1nc(-c2ccccc2)cs1. The van der Waals surface area contributed by atoms with E-state index in [1.807, 2.05) is 35.7 Å². The van der Waals surface area contributed by atoms with Crippen molar-refractivity contribution in [2.75, 3.05) is 0 Å². The van der Waals surface area contributed by atoms with E-state index in [0.29, 0.717) is 19.5 Å². The van der Waals surface area contributed by atoms with Crippen molar-refractivity contribution in [1.82, 2.24) is 25.1 Å². The number of hydrogen-bond acceptors (Lipinski definition) is 5. The summed E-state index contributed by atoms with van der Waals surface area (Å²) in [6, 6.07) is 10.0. The van der Waals surface area contributed by atoms with Crippen molar-refractivity contribution in [3.05, 3.63) is 53.4 Å². The van der Waals surface area contributed by atoms with Gasteiger partial charge in [0.25, 0.3) is 0 Å². The van der Waals surface area contributed by atoms with Gasteiger partial charge in [-0.2, -0.15) is 5.10 Å². The number of hydrogen-bond donors (Lipinski definition) is 1. The molecule has 7 heteroatoms. The molecule has 0 bridgehead atoms. The van der Waals surface area contributed by atoms with Crippen LogP contribution in [0.5, 0.6) is 0 Å². The second-order valence-corrected chi connectivity index (χ2v) is 5.97. The normalized spacial score (nSPS) is 10.6. The van der Waals surface area contributed by atoms with Crippen LogP contribution in [-0.4, -0.2) is 25.7 Å². The Kier molecular flexibility index (Phi) is 5.10. The first-order valence-corrected chi connectivity index (χ1v) is 8.28. The number of nitrogens with one attached hydrogen (secondary N) is 1. The molecule has 0 spiro atoms. The number of carbonyl (C=O) groups is 1. The second-order valence-electron chi connectivity index (χ2n) is 5.03. The smallest absolute Gasteiger partial charge is 0.220 e. The number of amides is 1. The molecule has 23 heavy (non-hydrogen) atoms. The van der Waals surface area contributed by atoms with Crippen molar-refractivity contribution in [2.45, 2.75) is 25.9 Å². The Morgan fingerprint density at radius 2 is 2.13 bits per heavy atom. The van der Waals surface area contributed by atoms with Gasteiger partial charge in [0.05, 0.1) is 12.2 Å². The van der Waals surface area contributed by atoms with E-state index >= 15 is 0 Å². The van der Waals surface area contributed by atoms with Gasteiger partial charge in [0.2, 0.25) is 5.91 Å². The molecule has 0 aliphatic carbocycles. The van der Waals surface area contributed by atoms with Crippen molar-refractivity contribution in [1.29, 1.82) is 0 Å². The van der Waals surface area contributed by atoms with E-state index in [1.165, 1.54) is 6.33 Å². The van der Waals surface area contributed by atoms with Crippen molar-refractivity contribution in [3.8, 4) is 11.3 Å². The van der Waals surface area contributed by atoms with Crippen LogP contribution in [0.1, 0.15) is 17.8 Å². The molecule has 0 radical (unpaired) electrons. The molecule has 2 aromatic heterocycles. The lowest BCUT2D eigenvalue weighted by Crippen LogP contribution is -2.22. The fourth-order valence-electron chi connectivity index (χ4n) is 2.15. The maximum absolute atomic E-state index is 11.8. The van der Waals surface area contributed by atoms with E-state index < -0.39 is 0 Å². The predicted molar refractivity (Wildman–Crippen MR) is 88.7 cm³/mol. The van der Waals surface area contributed by atoms with E-state index in [0.717, 1.165) is 22.7 Å². The van der Waals surface area contributed by atoms with Crippen LogP contribution in [0.2, 0.25) is 0 Å². The Labute approximate surface area is 138 Å². The third kappa shape index (κ3) is 4.46. The highest BCUT2D eigenvalue weighted by Crippen LogP contribution is 2.21. The van der Waals surface area contributed by atoms with Crippen LogP contribution >= 0.6 is 11.3 Å². The highest BCUT2D eigenvalue weighted by atomic mass is 32.1. The maximum atomic E-state index is 11.8. The molecule has 1 amide bonds. The third-order valence-electron chi connectivity index (χ3n) is 3.32. The number of aryl methyl sites for hydroxylation is 1. The number of carbonyl (C=O) groups excluding carboxylic acids is 1. The molecular weight excluding hydrogens is 310 g/mol. The summed E-state index contributed by atoms with van der Waals surface area (Å²) in [4.78, 5) is 20.3. The van der Waals surface area contributed by atoms with E-state index in [1.54, 1.807) is 22.3 Å². The lowest BCUT2D eigenvalue weighted by molar-refractivity contribution is -0.121. The van der Waals surface area contributed by atoms with Crippen LogP contribution < -0.4 is 5.32 Å². The number of thiazole rings is 1. The van der Waals surface area contributed by atoms with Crippen LogP contribution in [0.15, 0.2) is 48.4 Å². The Balaban J connectivity index is 1.43. The molecular formula is C16H17N5OS. The van der Waals surface area contributed by atoms with Gasteiger partial charge >= 0.3 is 0 Å². The molecule has 0 aliphatic heterocycles. The minimum atomic E-state index is 0.0292. The number of nitrogens with zero attached hydrogens (tertiary/aromatic N) is 4. The summed E-state index contributed by atoms with van der Waals surface area (Å²) in [6.45, 7) is 1.17. The largest absolute Gasteiger partial charge is 0.350 e. The van der Waals surface area contributed by atoms with Gasteiger partial charge in [-0.05, 0) is 6.42 Å². The molecule has 3 rings (SSSR count). The van der Waals surface area contributed by atoms with Crippen LogP contribution in [0, 0.1) is 0 Å². The number of benzene rings is 1. The average Bonchev–Trinajstić information content (AvgIpc) is 3.25. The van der Waals surface area contributed by atoms with Gasteiger partial charge in [-0.1, -0.05) is 30.3 Å². The first kappa shape index (κ1) is 15.4. The fourth-order valence-corrected chi connectivity index (χ4v) is 2.89. The second kappa shape index (κ2) is 7.64. The zero-order valence-corrected chi connectivity index (χ0v) is 13.4. The highest BCUT2D eigenvalue weighted by Gasteiger charge is 2.06. The van der Waals surface area contributed by atoms with E-state index in [4.69, 9.17) is 0 Å². The van der Waals surface area contributed by atoms with Crippen molar-refractivity contribution in [3.63, 3.8) is 0 Å². The van der Waals surface area contributed by atoms with Crippen molar-refractivity contribution < 1.29 is 4.79 Å². The lowest BCUT2D eigenvalue weighted by atomic mass is 10.2. The van der Waals surface area contributed by atoms with Gasteiger partial charge < -0.3 is 5.32 Å². The highest BCUT2D eigenvalue weighted by molar-refractivity contribution is 7.09. The van der Waals surface area contributed by atoms with Gasteiger partial charge in [0.15, 0.2) is 0 Å². The van der Waals surface area contributed by atoms with E-state index in [9.17, 15) is 4.79 Å². The molecule has 0 saturated carbocycles. The molecule has 1 N–H and O–H groups in total. The zero-order valence-electron chi connectivity index (χ0n) is 12.6. The molecule has 3 aromatic rings. The lowest BCUT2D eigenvalue weighted by Gasteiger charge is -2.03. The summed E-state index contributed by atoms with van der Waals surface area (Å²) < 4.78 is 1.72. The zero-order chi connectivity index (χ0) is 15.9. The molecule has 0 saturated heterocycles. The van der Waals surface area contributed by atoms with Gasteiger partial charge in [0, 0.05) is 23.9 Å². The monoisotopic (exact) mass is 327 g/mol. The van der Waals surface area contributed by atoms with Crippen molar-refractivity contribution >= 4 is 17.2 Å². The Hall–Kier alpha value is -2.54. The first-order chi connectivity index (χ1) is 11.3. The molecule has 0 unspecified atom stereocenters. The summed E-state index contributed by atoms with van der Waals surface area (Å²) in [7, 11) is 0. The Morgan fingerprint density at radius 3 is 2.91 bits per heavy atom. The van der Waals surface area contributed by atoms with E-state index in [2.05, 4.69) is 20.4 Å². The summed E-state index contributed by atoms with van der Waals surface area (Å²) >= 11 is 1.56. The van der Waals surface area contributed by atoms with Crippen LogP contribution in [0.3, 0.4) is 0 Å². The third-order valence-corrected chi connectivity index (χ3v) is 4.16. The maximum Gasteiger partial charge on any atom is 0.220 e. The van der Waals surface area contributed by atoms with Gasteiger partial charge in [-0.3, -0.25) is 9.48 Å². The summed E-state index contributed by atoms with van der Waals surface area (Å²) in [6.07, 6.45) is 4.35. The van der Waals surface area contributed by atoms with E-state index in [-0.39, 0.29) is 5.91 Å². The molecule has 118 valence electrons. The first-order valence-electron chi connectivity index (χ1n) is 7.40. The standard InChI is InChI=1S/C16H17N5OS/c22-15(7-4-8-21-12-17-11-19-21)18-9-16-20-14(10-23-16)13-5-2-1-3-6-13/h1-3,5-6,10-12H,4,7-9H2,(H,18,22). The molecule has 0 atom stereocenters. The molecule has 6 nitrogen and oxygen atoms in total. The summed E-state index contributed by atoms with van der Waals surface area (Å²) in [5.74, 6) is 0.0292. The topological polar surface area (TPSA) is 72.7 Å². The predicted octanol–water partition coefficient (Wildman–Crippen LogP) is 2.50. The minimum Gasteiger partial charge on any atom is -0.350 e. The average molecular weight is 327 g/mol. The number of aromatic nitrogens is 4. The van der Waals surface area contributed by atoms with Crippen LogP contribution in [0.4, 0.5) is 0 Å². The Morgan fingerprint density at radius 1 is 1.26 bits per heavy atom. The van der Waals surface area contributed by atoms with Gasteiger partial charge in [-0.15, -0.1) is 11.3 Å². The Bertz CT molecular complexity index is 739. The molecule has 0 aliphatic rings. The summed E-state index contributed by atoms with van der Waals surface area (Å²) in [5, 5.41) is 9.84. The molecule has 0 fully saturated rings. The van der Waals surface area contributed by atoms with Crippen LogP contribution in [0.25, 0.3) is 11.3 Å². The number of rotatable bonds is 7. The summed E-state index contributed by atoms with van der Waals surface area (Å²) in [5.41, 5.74) is 2.04. The molecule has 1 aromatic carbocycles. The quantitative estimate of drug-likeness (QED) is 0.723. The van der Waals surface area contributed by atoms with Crippen LogP contribution in [-0.2, 0) is 17.9 Å². The molecule has 2 heterocycles. The van der Waals surface area contributed by atoms with Gasteiger partial charge in [0.1, 0.15) is 17.7 Å². The fraction of sp³-hybridized carbons (Fsp3) is 0.250. The van der Waals surface area contributed by atoms with Gasteiger partial charge in [-0.25, -0.2) is 9.97 Å². The minimum absolute atomic E-state index is 0.0292. The van der Waals surface area contributed by atoms with Crippen molar-refractivity contribution in [2.24, 2.45) is 0 Å².